The maximum atomic E-state index is 2.45. The van der Waals surface area contributed by atoms with Crippen LogP contribution in [0.15, 0.2) is 534 Å². The summed E-state index contributed by atoms with van der Waals surface area (Å²) in [6, 6.07) is 191. The van der Waals surface area contributed by atoms with Crippen molar-refractivity contribution in [2.45, 2.75) is 34.6 Å². The number of aromatic nitrogens is 5. The maximum absolute atomic E-state index is 2.45. The first-order valence-electron chi connectivity index (χ1n) is 49.0. The summed E-state index contributed by atoms with van der Waals surface area (Å²) in [4.78, 5) is 0. The highest BCUT2D eigenvalue weighted by Gasteiger charge is 2.25. The van der Waals surface area contributed by atoms with Crippen LogP contribution >= 0.6 is 0 Å². The Labute approximate surface area is 828 Å². The summed E-state index contributed by atoms with van der Waals surface area (Å²) >= 11 is 0. The van der Waals surface area contributed by atoms with Gasteiger partial charge in [0.1, 0.15) is 0 Å². The fraction of sp³-hybridized carbons (Fsp3) is 0.0365. The molecule has 0 fully saturated rings. The van der Waals surface area contributed by atoms with Crippen molar-refractivity contribution in [3.8, 4) is 106 Å². The first-order chi connectivity index (χ1) is 70.1. The van der Waals surface area contributed by atoms with Crippen LogP contribution in [-0.2, 0) is 0 Å². The standard InChI is InChI=1S/2C31H23N.3C25H19N/c1-22-11-8-14-24(21-22)27-18-10-20-29-28-19-9-17-26(23-12-4-2-5-13-23)30(28)32(31(27)29)25-15-6-3-7-16-25;1-22-18-20-24(21-19-22)27-15-9-17-29-28-16-8-14-26(23-10-4-2-5-11-23)30(28)32(31(27)29)25-12-6-3-7-13-25;1-18-10-8-16-22-23-17-9-15-21(19-11-4-2-5-12-19)25(23)26(24(18)22)20-13-6-3-7-14-20;1-18-9-8-14-24-25(18)22-17-20(19-10-4-2-5-11-19)15-16-23(22)26(24)21-12-6-3-7-13-21;1-18-9-8-14-22-23-17-20(19-10-4-2-5-11-19)15-16-24(23)26(25(18)22)21-12-6-3-7-13-21/h2*2-21H,1H3;3*2-17H,1H3. The fourth-order valence-electron chi connectivity index (χ4n) is 21.4. The molecule has 142 heavy (non-hydrogen) atoms. The lowest BCUT2D eigenvalue weighted by Crippen LogP contribution is -1.96. The Morgan fingerprint density at radius 3 is 0.754 bits per heavy atom. The lowest BCUT2D eigenvalue weighted by molar-refractivity contribution is 1.17. The fourth-order valence-corrected chi connectivity index (χ4v) is 21.4. The van der Waals surface area contributed by atoms with Gasteiger partial charge in [-0.1, -0.05) is 454 Å². The number of hydrogen-bond donors (Lipinski definition) is 0. The molecule has 0 aliphatic carbocycles. The highest BCUT2D eigenvalue weighted by molar-refractivity contribution is 6.20. The average molecular weight is 1820 g/mol. The predicted octanol–water partition coefficient (Wildman–Crippen LogP) is 37.1. The Hall–Kier alpha value is -18.2. The van der Waals surface area contributed by atoms with Crippen molar-refractivity contribution in [3.05, 3.63) is 562 Å². The van der Waals surface area contributed by atoms with Crippen LogP contribution in [0.3, 0.4) is 0 Å². The van der Waals surface area contributed by atoms with Crippen LogP contribution in [0, 0.1) is 34.6 Å². The maximum Gasteiger partial charge on any atom is 0.0619 e. The Balaban J connectivity index is 0.0000000990. The zero-order valence-corrected chi connectivity index (χ0v) is 80.0. The number of fused-ring (bicyclic) bond motifs is 15. The third-order valence-electron chi connectivity index (χ3n) is 27.8. The highest BCUT2D eigenvalue weighted by Crippen LogP contribution is 2.47. The number of hydrogen-bond acceptors (Lipinski definition) is 0. The molecule has 676 valence electrons. The summed E-state index contributed by atoms with van der Waals surface area (Å²) in [5, 5.41) is 13.0. The monoisotopic (exact) mass is 1820 g/mol. The number of para-hydroxylation sites is 12. The van der Waals surface area contributed by atoms with Crippen molar-refractivity contribution in [2.75, 3.05) is 0 Å². The average Bonchev–Trinajstić information content (AvgIpc) is 1.59. The van der Waals surface area contributed by atoms with Crippen molar-refractivity contribution < 1.29 is 0 Å². The molecule has 0 N–H and O–H groups in total. The van der Waals surface area contributed by atoms with E-state index in [1.54, 1.807) is 0 Å². The SMILES string of the molecule is Cc1ccc(-c2cccc3c4cccc(-c5ccccc5)c4n(-c4ccccc4)c23)cc1.Cc1cccc(-c2cccc3c4cccc(-c5ccccc5)c4n(-c4ccccc4)c23)c1.Cc1cccc2c1c1cc(-c3ccccc3)ccc1n2-c1ccccc1.Cc1cccc2c3cc(-c4ccccc4)ccc3n(-c3ccccc3)c12.Cc1cccc2c3cccc(-c4ccccc4)c3n(-c3ccccc3)c12. The molecule has 22 aromatic carbocycles. The minimum absolute atomic E-state index is 1.18. The minimum Gasteiger partial charge on any atom is -0.309 e. The lowest BCUT2D eigenvalue weighted by atomic mass is 9.99. The van der Waals surface area contributed by atoms with Crippen molar-refractivity contribution in [1.29, 1.82) is 0 Å². The molecule has 5 heteroatoms. The molecule has 5 aromatic heterocycles. The van der Waals surface area contributed by atoms with E-state index in [9.17, 15) is 0 Å². The van der Waals surface area contributed by atoms with Gasteiger partial charge in [-0.2, -0.15) is 0 Å². The second-order valence-electron chi connectivity index (χ2n) is 36.8. The molecule has 5 nitrogen and oxygen atoms in total. The van der Waals surface area contributed by atoms with Gasteiger partial charge in [0, 0.05) is 110 Å². The molecule has 0 saturated heterocycles. The summed E-state index contributed by atoms with van der Waals surface area (Å²) in [5.74, 6) is 0. The molecule has 0 amide bonds. The van der Waals surface area contributed by atoms with Gasteiger partial charge in [0.2, 0.25) is 0 Å². The van der Waals surface area contributed by atoms with Crippen LogP contribution in [0.5, 0.6) is 0 Å². The van der Waals surface area contributed by atoms with Gasteiger partial charge in [0.25, 0.3) is 0 Å². The van der Waals surface area contributed by atoms with Gasteiger partial charge >= 0.3 is 0 Å². The second-order valence-corrected chi connectivity index (χ2v) is 36.8. The number of rotatable bonds is 12. The van der Waals surface area contributed by atoms with Gasteiger partial charge in [-0.3, -0.25) is 0 Å². The van der Waals surface area contributed by atoms with Crippen LogP contribution in [0.25, 0.3) is 215 Å². The zero-order chi connectivity index (χ0) is 95.5. The van der Waals surface area contributed by atoms with Gasteiger partial charge in [-0.15, -0.1) is 0 Å². The van der Waals surface area contributed by atoms with Crippen LogP contribution in [0.2, 0.25) is 0 Å². The molecule has 0 spiro atoms. The predicted molar refractivity (Wildman–Crippen MR) is 606 cm³/mol. The van der Waals surface area contributed by atoms with Gasteiger partial charge in [-0.25, -0.2) is 0 Å². The molecular weight excluding hydrogens is 1720 g/mol. The smallest absolute Gasteiger partial charge is 0.0619 e. The van der Waals surface area contributed by atoms with Crippen LogP contribution < -0.4 is 0 Å². The van der Waals surface area contributed by atoms with Crippen LogP contribution in [0.4, 0.5) is 0 Å². The van der Waals surface area contributed by atoms with E-state index in [2.05, 4.69) is 591 Å². The van der Waals surface area contributed by atoms with Gasteiger partial charge in [0.15, 0.2) is 0 Å². The summed E-state index contributed by atoms with van der Waals surface area (Å²) in [5.41, 5.74) is 42.5. The van der Waals surface area contributed by atoms with Crippen molar-refractivity contribution >= 4 is 109 Å². The molecule has 0 aliphatic rings. The minimum atomic E-state index is 1.18. The third kappa shape index (κ3) is 16.6. The van der Waals surface area contributed by atoms with Crippen molar-refractivity contribution in [1.82, 2.24) is 22.8 Å². The molecule has 5 heterocycles. The highest BCUT2D eigenvalue weighted by atomic mass is 15.0. The Kier molecular flexibility index (Phi) is 24.0. The van der Waals surface area contributed by atoms with E-state index in [0.717, 1.165) is 0 Å². The molecular formula is C137H103N5. The zero-order valence-electron chi connectivity index (χ0n) is 80.0. The van der Waals surface area contributed by atoms with E-state index >= 15 is 0 Å². The van der Waals surface area contributed by atoms with Crippen molar-refractivity contribution in [3.63, 3.8) is 0 Å². The first kappa shape index (κ1) is 87.9. The van der Waals surface area contributed by atoms with Gasteiger partial charge in [0.05, 0.1) is 55.2 Å². The van der Waals surface area contributed by atoms with E-state index < -0.39 is 0 Å². The molecule has 0 aliphatic heterocycles. The van der Waals surface area contributed by atoms with E-state index in [4.69, 9.17) is 0 Å². The molecule has 27 rings (SSSR count). The van der Waals surface area contributed by atoms with Crippen LogP contribution in [-0.4, -0.2) is 22.8 Å². The topological polar surface area (TPSA) is 24.6 Å². The second kappa shape index (κ2) is 38.8. The quantitative estimate of drug-likeness (QED) is 0.116. The largest absolute Gasteiger partial charge is 0.309 e. The number of aryl methyl sites for hydroxylation is 5. The summed E-state index contributed by atoms with van der Waals surface area (Å²) in [7, 11) is 0. The van der Waals surface area contributed by atoms with Crippen LogP contribution in [0.1, 0.15) is 27.8 Å². The molecule has 0 bridgehead atoms. The Morgan fingerprint density at radius 1 is 0.127 bits per heavy atom. The first-order valence-corrected chi connectivity index (χ1v) is 49.0. The van der Waals surface area contributed by atoms with Gasteiger partial charge in [-0.05, 0) is 192 Å². The molecule has 0 saturated carbocycles. The number of nitrogens with zero attached hydrogens (tertiary/aromatic N) is 5. The lowest BCUT2D eigenvalue weighted by Gasteiger charge is -2.14. The van der Waals surface area contributed by atoms with Crippen molar-refractivity contribution in [2.24, 2.45) is 0 Å². The Bertz CT molecular complexity index is 9230. The molecule has 0 unspecified atom stereocenters. The third-order valence-corrected chi connectivity index (χ3v) is 27.8. The summed E-state index contributed by atoms with van der Waals surface area (Å²) < 4.78 is 12.1. The summed E-state index contributed by atoms with van der Waals surface area (Å²) in [6.07, 6.45) is 0. The van der Waals surface area contributed by atoms with E-state index in [-0.39, 0.29) is 0 Å². The van der Waals surface area contributed by atoms with Gasteiger partial charge < -0.3 is 22.8 Å². The Morgan fingerprint density at radius 2 is 0.380 bits per heavy atom. The molecule has 0 atom stereocenters. The van der Waals surface area contributed by atoms with E-state index in [1.165, 1.54) is 243 Å². The molecule has 0 radical (unpaired) electrons. The van der Waals surface area contributed by atoms with E-state index in [1.807, 2.05) is 0 Å². The summed E-state index contributed by atoms with van der Waals surface area (Å²) in [6.45, 7) is 10.9. The van der Waals surface area contributed by atoms with E-state index in [0.29, 0.717) is 0 Å². The normalized spacial score (nSPS) is 11.3. The number of benzene rings is 22. The molecule has 27 aromatic rings.